The summed E-state index contributed by atoms with van der Waals surface area (Å²) in [6.45, 7) is 8.66. The summed E-state index contributed by atoms with van der Waals surface area (Å²) >= 11 is 0. The predicted octanol–water partition coefficient (Wildman–Crippen LogP) is 3.40. The van der Waals surface area contributed by atoms with Crippen LogP contribution in [0.15, 0.2) is 18.2 Å². The van der Waals surface area contributed by atoms with Crippen LogP contribution in [0.4, 0.5) is 14.9 Å². The smallest absolute Gasteiger partial charge is 0.411 e. The number of halogens is 1. The van der Waals surface area contributed by atoms with Gasteiger partial charge in [-0.2, -0.15) is 0 Å². The molecule has 0 bridgehead atoms. The molecule has 7 nitrogen and oxygen atoms in total. The van der Waals surface area contributed by atoms with Gasteiger partial charge in [-0.1, -0.05) is 6.07 Å². The summed E-state index contributed by atoms with van der Waals surface area (Å²) in [6, 6.07) is 3.51. The van der Waals surface area contributed by atoms with Crippen molar-refractivity contribution >= 4 is 23.7 Å². The number of hydrogen-bond acceptors (Lipinski definition) is 5. The summed E-state index contributed by atoms with van der Waals surface area (Å²) < 4.78 is 24.2. The van der Waals surface area contributed by atoms with Gasteiger partial charge < -0.3 is 14.8 Å². The molecule has 8 heteroatoms. The van der Waals surface area contributed by atoms with E-state index in [0.29, 0.717) is 24.9 Å². The van der Waals surface area contributed by atoms with Crippen LogP contribution in [0.25, 0.3) is 0 Å². The van der Waals surface area contributed by atoms with E-state index in [1.54, 1.807) is 39.8 Å². The zero-order valence-electron chi connectivity index (χ0n) is 16.9. The first-order valence-electron chi connectivity index (χ1n) is 9.25. The lowest BCUT2D eigenvalue weighted by atomic mass is 10.2. The fraction of sp³-hybridized carbons (Fsp3) is 0.550. The molecule has 1 aromatic carbocycles. The van der Waals surface area contributed by atoms with Gasteiger partial charge in [-0.15, -0.1) is 0 Å². The third kappa shape index (κ3) is 5.68. The molecule has 1 saturated heterocycles. The second-order valence-electron chi connectivity index (χ2n) is 7.86. The highest BCUT2D eigenvalue weighted by Gasteiger charge is 2.38. The summed E-state index contributed by atoms with van der Waals surface area (Å²) in [5.41, 5.74) is 0.0538. The van der Waals surface area contributed by atoms with Gasteiger partial charge in [0.1, 0.15) is 17.5 Å². The highest BCUT2D eigenvalue weighted by Crippen LogP contribution is 2.22. The van der Waals surface area contributed by atoms with Gasteiger partial charge in [0.2, 0.25) is 0 Å². The lowest BCUT2D eigenvalue weighted by Gasteiger charge is -2.28. The average molecular weight is 394 g/mol. The molecule has 1 fully saturated rings. The summed E-state index contributed by atoms with van der Waals surface area (Å²) in [7, 11) is 0. The molecule has 2 amide bonds. The molecule has 1 heterocycles. The predicted molar refractivity (Wildman–Crippen MR) is 101 cm³/mol. The van der Waals surface area contributed by atoms with Crippen molar-refractivity contribution in [2.75, 3.05) is 11.9 Å². The number of rotatable bonds is 4. The van der Waals surface area contributed by atoms with Crippen molar-refractivity contribution in [2.45, 2.75) is 65.2 Å². The minimum Gasteiger partial charge on any atom is -0.451 e. The molecule has 154 valence electrons. The summed E-state index contributed by atoms with van der Waals surface area (Å²) in [6.07, 6.45) is -0.602. The van der Waals surface area contributed by atoms with Crippen LogP contribution in [0.2, 0.25) is 0 Å². The zero-order chi connectivity index (χ0) is 21.1. The molecule has 1 aromatic rings. The van der Waals surface area contributed by atoms with Gasteiger partial charge in [0.15, 0.2) is 6.10 Å². The van der Waals surface area contributed by atoms with E-state index in [1.165, 1.54) is 17.9 Å². The van der Waals surface area contributed by atoms with Gasteiger partial charge in [0.05, 0.1) is 0 Å². The van der Waals surface area contributed by atoms with Gasteiger partial charge in [-0.25, -0.2) is 14.0 Å². The number of ether oxygens (including phenoxy) is 2. The van der Waals surface area contributed by atoms with Crippen molar-refractivity contribution in [2.24, 2.45) is 0 Å². The van der Waals surface area contributed by atoms with Gasteiger partial charge in [-0.3, -0.25) is 9.69 Å². The van der Waals surface area contributed by atoms with E-state index >= 15 is 0 Å². The molecule has 1 N–H and O–H groups in total. The van der Waals surface area contributed by atoms with Crippen LogP contribution in [-0.2, 0) is 19.1 Å². The minimum absolute atomic E-state index is 0.271. The Morgan fingerprint density at radius 1 is 1.29 bits per heavy atom. The van der Waals surface area contributed by atoms with Crippen LogP contribution in [0.5, 0.6) is 0 Å². The van der Waals surface area contributed by atoms with Gasteiger partial charge >= 0.3 is 12.1 Å². The number of hydrogen-bond donors (Lipinski definition) is 1. The molecule has 0 spiro atoms. The van der Waals surface area contributed by atoms with E-state index in [2.05, 4.69) is 5.32 Å². The van der Waals surface area contributed by atoms with Gasteiger partial charge in [0, 0.05) is 12.2 Å². The van der Waals surface area contributed by atoms with Crippen molar-refractivity contribution in [1.82, 2.24) is 4.90 Å². The van der Waals surface area contributed by atoms with E-state index in [1.807, 2.05) is 0 Å². The van der Waals surface area contributed by atoms with Crippen molar-refractivity contribution in [3.05, 3.63) is 29.6 Å². The highest BCUT2D eigenvalue weighted by atomic mass is 19.1. The number of nitrogens with zero attached hydrogens (tertiary/aromatic N) is 1. The number of amides is 2. The number of aryl methyl sites for hydroxylation is 1. The Kier molecular flexibility index (Phi) is 6.64. The fourth-order valence-corrected chi connectivity index (χ4v) is 2.77. The Hall–Kier alpha value is -2.64. The van der Waals surface area contributed by atoms with E-state index in [4.69, 9.17) is 9.47 Å². The molecule has 0 unspecified atom stereocenters. The molecule has 2 rings (SSSR count). The summed E-state index contributed by atoms with van der Waals surface area (Å²) in [5.74, 6) is -1.69. The van der Waals surface area contributed by atoms with Crippen LogP contribution in [-0.4, -0.2) is 47.2 Å². The third-order valence-corrected chi connectivity index (χ3v) is 4.25. The number of esters is 1. The SMILES string of the molecule is Cc1ccc(NC(=O)[C@@H](C)OC(=O)[C@@H]2CCCN2C(=O)OC(C)(C)C)cc1F. The first-order chi connectivity index (χ1) is 13.0. The maximum absolute atomic E-state index is 13.6. The van der Waals surface area contributed by atoms with E-state index in [-0.39, 0.29) is 5.69 Å². The van der Waals surface area contributed by atoms with Gasteiger partial charge in [-0.05, 0) is 65.2 Å². The standard InChI is InChI=1S/C20H27FN2O5/c1-12-8-9-14(11-15(12)21)22-17(24)13(2)27-18(25)16-7-6-10-23(16)19(26)28-20(3,4)5/h8-9,11,13,16H,6-7,10H2,1-5H3,(H,22,24)/t13-,16+/m1/s1. The zero-order valence-corrected chi connectivity index (χ0v) is 16.9. The van der Waals surface area contributed by atoms with E-state index < -0.39 is 41.5 Å². The van der Waals surface area contributed by atoms with Crippen LogP contribution in [0.1, 0.15) is 46.1 Å². The van der Waals surface area contributed by atoms with E-state index in [0.717, 1.165) is 0 Å². The second kappa shape index (κ2) is 8.58. The fourth-order valence-electron chi connectivity index (χ4n) is 2.77. The molecule has 0 aliphatic carbocycles. The molecule has 2 atom stereocenters. The van der Waals surface area contributed by atoms with Crippen molar-refractivity contribution < 1.29 is 28.2 Å². The van der Waals surface area contributed by atoms with Crippen LogP contribution >= 0.6 is 0 Å². The number of nitrogens with one attached hydrogen (secondary N) is 1. The monoisotopic (exact) mass is 394 g/mol. The molecule has 0 saturated carbocycles. The number of likely N-dealkylation sites (tertiary alicyclic amines) is 1. The molecule has 0 radical (unpaired) electrons. The summed E-state index contributed by atoms with van der Waals surface area (Å²) in [5, 5.41) is 2.51. The van der Waals surface area contributed by atoms with Crippen molar-refractivity contribution in [3.8, 4) is 0 Å². The number of carbonyl (C=O) groups is 3. The Morgan fingerprint density at radius 3 is 2.57 bits per heavy atom. The van der Waals surface area contributed by atoms with Gasteiger partial charge in [0.25, 0.3) is 5.91 Å². The molecule has 28 heavy (non-hydrogen) atoms. The maximum Gasteiger partial charge on any atom is 0.411 e. The molecule has 1 aliphatic heterocycles. The first-order valence-corrected chi connectivity index (χ1v) is 9.25. The normalized spacial score (nSPS) is 17.8. The van der Waals surface area contributed by atoms with Crippen LogP contribution in [0.3, 0.4) is 0 Å². The molecular weight excluding hydrogens is 367 g/mol. The maximum atomic E-state index is 13.6. The Bertz CT molecular complexity index is 759. The number of anilines is 1. The second-order valence-corrected chi connectivity index (χ2v) is 7.86. The van der Waals surface area contributed by atoms with Crippen molar-refractivity contribution in [3.63, 3.8) is 0 Å². The largest absolute Gasteiger partial charge is 0.451 e. The topological polar surface area (TPSA) is 84.9 Å². The highest BCUT2D eigenvalue weighted by molar-refractivity contribution is 5.95. The Labute approximate surface area is 164 Å². The number of carbonyl (C=O) groups excluding carboxylic acids is 3. The molecule has 0 aromatic heterocycles. The average Bonchev–Trinajstić information content (AvgIpc) is 3.06. The van der Waals surface area contributed by atoms with Crippen LogP contribution < -0.4 is 5.32 Å². The first kappa shape index (κ1) is 21.7. The molecule has 1 aliphatic rings. The Balaban J connectivity index is 1.95. The number of benzene rings is 1. The van der Waals surface area contributed by atoms with Crippen LogP contribution in [0, 0.1) is 12.7 Å². The minimum atomic E-state index is -1.10. The quantitative estimate of drug-likeness (QED) is 0.791. The molecular formula is C20H27FN2O5. The van der Waals surface area contributed by atoms with Crippen molar-refractivity contribution in [1.29, 1.82) is 0 Å². The lowest BCUT2D eigenvalue weighted by Crippen LogP contribution is -2.45. The lowest BCUT2D eigenvalue weighted by molar-refractivity contribution is -0.157. The third-order valence-electron chi connectivity index (χ3n) is 4.25. The summed E-state index contributed by atoms with van der Waals surface area (Å²) in [4.78, 5) is 38.3. The van der Waals surface area contributed by atoms with E-state index in [9.17, 15) is 18.8 Å². The Morgan fingerprint density at radius 2 is 1.96 bits per heavy atom.